The van der Waals surface area contributed by atoms with E-state index in [0.717, 1.165) is 12.1 Å². The molecule has 3 aromatic rings. The van der Waals surface area contributed by atoms with Crippen LogP contribution in [0.4, 0.5) is 23.7 Å². The number of aromatic nitrogens is 2. The smallest absolute Gasteiger partial charge is 0.493 e. The summed E-state index contributed by atoms with van der Waals surface area (Å²) in [5, 5.41) is 19.1. The predicted molar refractivity (Wildman–Crippen MR) is 106 cm³/mol. The highest BCUT2D eigenvalue weighted by Gasteiger charge is 2.32. The van der Waals surface area contributed by atoms with E-state index in [1.807, 2.05) is 0 Å². The van der Waals surface area contributed by atoms with Gasteiger partial charge >= 0.3 is 18.4 Å². The Morgan fingerprint density at radius 3 is 2.84 bits per heavy atom. The molecule has 0 saturated heterocycles. The van der Waals surface area contributed by atoms with Crippen molar-refractivity contribution in [3.05, 3.63) is 48.2 Å². The molecule has 32 heavy (non-hydrogen) atoms. The van der Waals surface area contributed by atoms with Crippen LogP contribution in [-0.2, 0) is 11.3 Å². The summed E-state index contributed by atoms with van der Waals surface area (Å²) in [6.45, 7) is -0.122. The SMILES string of the molecule is O=C(O)Cn1ncc2c(NC(=O)NC3CCOc4cc(OC(F)(F)F)ccc43)cccc21. The van der Waals surface area contributed by atoms with Crippen LogP contribution < -0.4 is 20.1 Å². The van der Waals surface area contributed by atoms with Crippen LogP contribution in [0.5, 0.6) is 11.5 Å². The molecule has 1 unspecified atom stereocenters. The second kappa shape index (κ2) is 8.29. The Morgan fingerprint density at radius 2 is 2.09 bits per heavy atom. The molecule has 0 saturated carbocycles. The zero-order valence-electron chi connectivity index (χ0n) is 16.3. The molecule has 0 aliphatic carbocycles. The van der Waals surface area contributed by atoms with Gasteiger partial charge in [0.1, 0.15) is 18.0 Å². The Labute approximate surface area is 178 Å². The van der Waals surface area contributed by atoms with Crippen LogP contribution in [0.1, 0.15) is 18.0 Å². The molecule has 2 heterocycles. The number of alkyl halides is 3. The molecule has 4 rings (SSSR count). The van der Waals surface area contributed by atoms with Gasteiger partial charge in [0.2, 0.25) is 0 Å². The van der Waals surface area contributed by atoms with E-state index >= 15 is 0 Å². The molecule has 2 aromatic carbocycles. The normalized spacial score (nSPS) is 15.5. The number of nitrogens with one attached hydrogen (secondary N) is 2. The summed E-state index contributed by atoms with van der Waals surface area (Å²) in [4.78, 5) is 23.6. The Bertz CT molecular complexity index is 1180. The number of carbonyl (C=O) groups excluding carboxylic acids is 1. The third kappa shape index (κ3) is 4.68. The monoisotopic (exact) mass is 450 g/mol. The van der Waals surface area contributed by atoms with Gasteiger partial charge < -0.3 is 25.2 Å². The Hall–Kier alpha value is -3.96. The summed E-state index contributed by atoms with van der Waals surface area (Å²) in [5.74, 6) is -1.26. The second-order valence-corrected chi connectivity index (χ2v) is 6.97. The van der Waals surface area contributed by atoms with Crippen LogP contribution in [0.15, 0.2) is 42.6 Å². The molecule has 9 nitrogen and oxygen atoms in total. The quantitative estimate of drug-likeness (QED) is 0.547. The first-order valence-electron chi connectivity index (χ1n) is 9.46. The molecule has 0 spiro atoms. The maximum atomic E-state index is 12.6. The minimum atomic E-state index is -4.82. The number of amides is 2. The molecule has 2 amide bonds. The summed E-state index contributed by atoms with van der Waals surface area (Å²) >= 11 is 0. The van der Waals surface area contributed by atoms with E-state index in [0.29, 0.717) is 28.6 Å². The number of fused-ring (bicyclic) bond motifs is 2. The first kappa shape index (κ1) is 21.3. The summed E-state index contributed by atoms with van der Waals surface area (Å²) in [5.41, 5.74) is 1.49. The molecule has 168 valence electrons. The Kier molecular flexibility index (Phi) is 5.51. The average molecular weight is 450 g/mol. The van der Waals surface area contributed by atoms with Crippen molar-refractivity contribution in [1.29, 1.82) is 0 Å². The number of hydrogen-bond acceptors (Lipinski definition) is 5. The van der Waals surface area contributed by atoms with Crippen LogP contribution in [0, 0.1) is 0 Å². The van der Waals surface area contributed by atoms with Crippen molar-refractivity contribution in [2.45, 2.75) is 25.4 Å². The number of nitrogens with zero attached hydrogens (tertiary/aromatic N) is 2. The number of carbonyl (C=O) groups is 2. The van der Waals surface area contributed by atoms with E-state index in [1.165, 1.54) is 16.9 Å². The van der Waals surface area contributed by atoms with Crippen molar-refractivity contribution < 1.29 is 37.3 Å². The van der Waals surface area contributed by atoms with Crippen LogP contribution >= 0.6 is 0 Å². The molecule has 0 bridgehead atoms. The van der Waals surface area contributed by atoms with Crippen molar-refractivity contribution in [3.8, 4) is 11.5 Å². The molecular formula is C20H17F3N4O5. The van der Waals surface area contributed by atoms with Crippen molar-refractivity contribution in [1.82, 2.24) is 15.1 Å². The van der Waals surface area contributed by atoms with E-state index in [4.69, 9.17) is 9.84 Å². The minimum Gasteiger partial charge on any atom is -0.493 e. The highest BCUT2D eigenvalue weighted by Crippen LogP contribution is 2.36. The molecule has 3 N–H and O–H groups in total. The van der Waals surface area contributed by atoms with E-state index in [9.17, 15) is 22.8 Å². The highest BCUT2D eigenvalue weighted by molar-refractivity contribution is 6.00. The Balaban J connectivity index is 1.49. The van der Waals surface area contributed by atoms with Gasteiger partial charge in [-0.25, -0.2) is 4.79 Å². The fraction of sp³-hybridized carbons (Fsp3) is 0.250. The van der Waals surface area contributed by atoms with E-state index in [1.54, 1.807) is 18.2 Å². The number of carboxylic acids is 1. The van der Waals surface area contributed by atoms with Gasteiger partial charge in [-0.15, -0.1) is 13.2 Å². The van der Waals surface area contributed by atoms with Gasteiger partial charge in [-0.2, -0.15) is 5.10 Å². The summed E-state index contributed by atoms with van der Waals surface area (Å²) in [6.07, 6.45) is -2.94. The zero-order valence-corrected chi connectivity index (χ0v) is 16.3. The number of carboxylic acid groups (broad SMARTS) is 1. The molecule has 1 atom stereocenters. The predicted octanol–water partition coefficient (Wildman–Crippen LogP) is 3.66. The van der Waals surface area contributed by atoms with Gasteiger partial charge in [-0.3, -0.25) is 9.48 Å². The van der Waals surface area contributed by atoms with Gasteiger partial charge in [0.25, 0.3) is 0 Å². The fourth-order valence-corrected chi connectivity index (χ4v) is 3.50. The maximum Gasteiger partial charge on any atom is 0.573 e. The molecular weight excluding hydrogens is 433 g/mol. The van der Waals surface area contributed by atoms with Crippen molar-refractivity contribution in [3.63, 3.8) is 0 Å². The second-order valence-electron chi connectivity index (χ2n) is 6.97. The van der Waals surface area contributed by atoms with Gasteiger partial charge in [0.05, 0.1) is 30.0 Å². The molecule has 1 aromatic heterocycles. The molecule has 0 fully saturated rings. The summed E-state index contributed by atoms with van der Waals surface area (Å²) in [6, 6.07) is 7.65. The summed E-state index contributed by atoms with van der Waals surface area (Å²) < 4.78 is 48.0. The lowest BCUT2D eigenvalue weighted by Gasteiger charge is -2.27. The van der Waals surface area contributed by atoms with Crippen LogP contribution in [0.25, 0.3) is 10.9 Å². The van der Waals surface area contributed by atoms with Gasteiger partial charge in [-0.1, -0.05) is 6.07 Å². The van der Waals surface area contributed by atoms with E-state index < -0.39 is 30.2 Å². The summed E-state index contributed by atoms with van der Waals surface area (Å²) in [7, 11) is 0. The number of hydrogen-bond donors (Lipinski definition) is 3. The third-order valence-electron chi connectivity index (χ3n) is 4.78. The maximum absolute atomic E-state index is 12.6. The van der Waals surface area contributed by atoms with Crippen molar-refractivity contribution in [2.75, 3.05) is 11.9 Å². The lowest BCUT2D eigenvalue weighted by atomic mass is 10.0. The molecule has 1 aliphatic rings. The number of urea groups is 1. The number of ether oxygens (including phenoxy) is 2. The van der Waals surface area contributed by atoms with Crippen LogP contribution in [0.3, 0.4) is 0 Å². The van der Waals surface area contributed by atoms with E-state index in [2.05, 4.69) is 20.5 Å². The average Bonchev–Trinajstić information content (AvgIpc) is 3.10. The topological polar surface area (TPSA) is 115 Å². The van der Waals surface area contributed by atoms with Gasteiger partial charge in [0, 0.05) is 23.4 Å². The number of aliphatic carboxylic acids is 1. The van der Waals surface area contributed by atoms with Crippen molar-refractivity contribution in [2.24, 2.45) is 0 Å². The molecule has 0 radical (unpaired) electrons. The lowest BCUT2D eigenvalue weighted by molar-refractivity contribution is -0.274. The lowest BCUT2D eigenvalue weighted by Crippen LogP contribution is -2.35. The van der Waals surface area contributed by atoms with E-state index in [-0.39, 0.29) is 18.9 Å². The highest BCUT2D eigenvalue weighted by atomic mass is 19.4. The Morgan fingerprint density at radius 1 is 1.28 bits per heavy atom. The largest absolute Gasteiger partial charge is 0.573 e. The standard InChI is InChI=1S/C20H17F3N4O5/c21-20(22,23)32-11-4-5-12-15(6-7-31-17(12)8-11)26-19(30)25-14-2-1-3-16-13(14)9-24-27(16)10-18(28)29/h1-5,8-9,15H,6-7,10H2,(H,28,29)(H2,25,26,30). The third-order valence-corrected chi connectivity index (χ3v) is 4.78. The number of anilines is 1. The fourth-order valence-electron chi connectivity index (χ4n) is 3.50. The first-order valence-corrected chi connectivity index (χ1v) is 9.46. The van der Waals surface area contributed by atoms with Crippen molar-refractivity contribution >= 4 is 28.6 Å². The number of rotatable bonds is 5. The number of halogens is 3. The molecule has 1 aliphatic heterocycles. The first-order chi connectivity index (χ1) is 15.2. The van der Waals surface area contributed by atoms with Crippen LogP contribution in [0.2, 0.25) is 0 Å². The van der Waals surface area contributed by atoms with Gasteiger partial charge in [-0.05, 0) is 24.3 Å². The number of benzene rings is 2. The molecule has 12 heteroatoms. The zero-order chi connectivity index (χ0) is 22.9. The van der Waals surface area contributed by atoms with Crippen LogP contribution in [-0.4, -0.2) is 39.9 Å². The van der Waals surface area contributed by atoms with Gasteiger partial charge in [0.15, 0.2) is 0 Å². The minimum absolute atomic E-state index is 0.195.